The van der Waals surface area contributed by atoms with E-state index in [2.05, 4.69) is 24.0 Å². The minimum absolute atomic E-state index is 0.0759. The summed E-state index contributed by atoms with van der Waals surface area (Å²) in [4.78, 5) is 18.5. The van der Waals surface area contributed by atoms with E-state index < -0.39 is 6.04 Å². The van der Waals surface area contributed by atoms with Crippen molar-refractivity contribution < 1.29 is 14.6 Å². The van der Waals surface area contributed by atoms with E-state index in [-0.39, 0.29) is 18.1 Å². The molecule has 34 heavy (non-hydrogen) atoms. The molecule has 0 fully saturated rings. The van der Waals surface area contributed by atoms with Crippen molar-refractivity contribution in [3.05, 3.63) is 81.7 Å². The number of aromatic hydroxyl groups is 1. The Kier molecular flexibility index (Phi) is 5.53. The first kappa shape index (κ1) is 22.0. The van der Waals surface area contributed by atoms with E-state index in [0.29, 0.717) is 5.82 Å². The van der Waals surface area contributed by atoms with Crippen molar-refractivity contribution in [2.24, 2.45) is 4.99 Å². The van der Waals surface area contributed by atoms with Crippen LogP contribution in [0.1, 0.15) is 45.7 Å². The van der Waals surface area contributed by atoms with Gasteiger partial charge < -0.3 is 9.84 Å². The molecule has 0 unspecified atom stereocenters. The molecule has 0 saturated heterocycles. The minimum Gasteiger partial charge on any atom is -0.508 e. The minimum atomic E-state index is -0.520. The maximum atomic E-state index is 12.2. The summed E-state index contributed by atoms with van der Waals surface area (Å²) in [7, 11) is 1.38. The van der Waals surface area contributed by atoms with Gasteiger partial charge in [-0.2, -0.15) is 0 Å². The van der Waals surface area contributed by atoms with Crippen molar-refractivity contribution in [3.63, 3.8) is 0 Å². The fourth-order valence-corrected chi connectivity index (χ4v) is 5.49. The number of fused-ring (bicyclic) bond motifs is 3. The molecular formula is C26H24N4O3S. The van der Waals surface area contributed by atoms with Gasteiger partial charge in [0, 0.05) is 16.0 Å². The number of carbonyl (C=O) groups is 1. The largest absolute Gasteiger partial charge is 0.508 e. The van der Waals surface area contributed by atoms with Crippen LogP contribution in [0.15, 0.2) is 53.5 Å². The Bertz CT molecular complexity index is 1430. The summed E-state index contributed by atoms with van der Waals surface area (Å²) in [5.41, 5.74) is 5.86. The molecule has 0 spiro atoms. The first-order chi connectivity index (χ1) is 16.4. The molecule has 3 heterocycles. The number of phenols is 1. The van der Waals surface area contributed by atoms with Crippen LogP contribution in [0.25, 0.3) is 16.1 Å². The highest BCUT2D eigenvalue weighted by atomic mass is 32.1. The zero-order chi connectivity index (χ0) is 24.0. The van der Waals surface area contributed by atoms with Gasteiger partial charge in [-0.3, -0.25) is 14.4 Å². The SMILES string of the molecule is COC(=O)C[C@@H]1N=C(c2ccc(-c3cccc(O)c3)cc2)c2c(sc(C)c2C)-n2c(C)nnc21. The van der Waals surface area contributed by atoms with E-state index in [0.717, 1.165) is 44.4 Å². The number of rotatable bonds is 4. The van der Waals surface area contributed by atoms with Crippen molar-refractivity contribution in [1.82, 2.24) is 14.8 Å². The summed E-state index contributed by atoms with van der Waals surface area (Å²) in [6.07, 6.45) is 0.0759. The van der Waals surface area contributed by atoms with Crippen LogP contribution in [0.3, 0.4) is 0 Å². The van der Waals surface area contributed by atoms with Crippen LogP contribution in [-0.2, 0) is 9.53 Å². The van der Waals surface area contributed by atoms with Gasteiger partial charge in [-0.25, -0.2) is 0 Å². The fourth-order valence-electron chi connectivity index (χ4n) is 4.27. The third-order valence-corrected chi connectivity index (χ3v) is 7.36. The van der Waals surface area contributed by atoms with Crippen molar-refractivity contribution in [1.29, 1.82) is 0 Å². The molecule has 0 aliphatic carbocycles. The standard InChI is InChI=1S/C26H24N4O3S/c1-14-15(2)34-26-23(14)24(18-10-8-17(9-11-18)19-6-5-7-20(31)12-19)27-21(13-22(32)33-4)25-29-28-16(3)30(25)26/h5-12,21,31H,13H2,1-4H3/t21-/m0/s1. The van der Waals surface area contributed by atoms with Crippen LogP contribution in [0.2, 0.25) is 0 Å². The first-order valence-corrected chi connectivity index (χ1v) is 11.8. The Balaban J connectivity index is 1.68. The van der Waals surface area contributed by atoms with Gasteiger partial charge in [0.2, 0.25) is 0 Å². The van der Waals surface area contributed by atoms with E-state index in [1.54, 1.807) is 23.5 Å². The lowest BCUT2D eigenvalue weighted by Crippen LogP contribution is -2.12. The Morgan fingerprint density at radius 3 is 2.50 bits per heavy atom. The molecule has 2 aromatic heterocycles. The molecule has 0 bridgehead atoms. The number of hydrogen-bond donors (Lipinski definition) is 1. The molecule has 1 atom stereocenters. The summed E-state index contributed by atoms with van der Waals surface area (Å²) < 4.78 is 6.97. The summed E-state index contributed by atoms with van der Waals surface area (Å²) in [5.74, 6) is 1.27. The number of phenolic OH excluding ortho intramolecular Hbond substituents is 1. The number of esters is 1. The van der Waals surface area contributed by atoms with E-state index in [1.165, 1.54) is 12.0 Å². The number of thiophene rings is 1. The Morgan fingerprint density at radius 1 is 1.06 bits per heavy atom. The van der Waals surface area contributed by atoms with E-state index >= 15 is 0 Å². The van der Waals surface area contributed by atoms with Crippen LogP contribution in [0.5, 0.6) is 5.75 Å². The molecule has 172 valence electrons. The van der Waals surface area contributed by atoms with Gasteiger partial charge in [0.1, 0.15) is 22.6 Å². The third-order valence-electron chi connectivity index (χ3n) is 6.16. The maximum absolute atomic E-state index is 12.2. The second-order valence-electron chi connectivity index (χ2n) is 8.31. The van der Waals surface area contributed by atoms with Crippen LogP contribution >= 0.6 is 11.3 Å². The molecule has 5 rings (SSSR count). The molecular weight excluding hydrogens is 448 g/mol. The highest BCUT2D eigenvalue weighted by Crippen LogP contribution is 2.39. The second-order valence-corrected chi connectivity index (χ2v) is 9.51. The topological polar surface area (TPSA) is 89.6 Å². The molecule has 2 aromatic carbocycles. The number of ether oxygens (including phenoxy) is 1. The number of aliphatic imine (C=N–C) groups is 1. The summed E-state index contributed by atoms with van der Waals surface area (Å²) in [6.45, 7) is 6.11. The van der Waals surface area contributed by atoms with Crippen molar-refractivity contribution in [3.8, 4) is 21.9 Å². The maximum Gasteiger partial charge on any atom is 0.308 e. The smallest absolute Gasteiger partial charge is 0.308 e. The predicted octanol–water partition coefficient (Wildman–Crippen LogP) is 5.08. The lowest BCUT2D eigenvalue weighted by atomic mass is 9.97. The Morgan fingerprint density at radius 2 is 1.79 bits per heavy atom. The summed E-state index contributed by atoms with van der Waals surface area (Å²) >= 11 is 1.68. The van der Waals surface area contributed by atoms with Crippen molar-refractivity contribution in [2.75, 3.05) is 7.11 Å². The quantitative estimate of drug-likeness (QED) is 0.418. The number of nitrogens with zero attached hydrogens (tertiary/aromatic N) is 4. The molecule has 1 N–H and O–H groups in total. The van der Waals surface area contributed by atoms with Gasteiger partial charge >= 0.3 is 5.97 Å². The molecule has 1 aliphatic rings. The lowest BCUT2D eigenvalue weighted by Gasteiger charge is -2.12. The van der Waals surface area contributed by atoms with Gasteiger partial charge in [-0.1, -0.05) is 36.4 Å². The van der Waals surface area contributed by atoms with Gasteiger partial charge in [0.25, 0.3) is 0 Å². The van der Waals surface area contributed by atoms with Crippen LogP contribution in [0, 0.1) is 20.8 Å². The summed E-state index contributed by atoms with van der Waals surface area (Å²) in [6, 6.07) is 14.8. The number of benzene rings is 2. The number of carbonyl (C=O) groups excluding carboxylic acids is 1. The van der Waals surface area contributed by atoms with Gasteiger partial charge in [0.05, 0.1) is 19.2 Å². The van der Waals surface area contributed by atoms with Crippen LogP contribution in [-0.4, -0.2) is 38.7 Å². The second kappa shape index (κ2) is 8.53. The van der Waals surface area contributed by atoms with E-state index in [9.17, 15) is 9.90 Å². The van der Waals surface area contributed by atoms with Crippen LogP contribution in [0.4, 0.5) is 0 Å². The molecule has 0 saturated carbocycles. The Hall–Kier alpha value is -3.78. The molecule has 8 heteroatoms. The number of aromatic nitrogens is 3. The number of aryl methyl sites for hydroxylation is 2. The molecule has 4 aromatic rings. The highest BCUT2D eigenvalue weighted by Gasteiger charge is 2.32. The fraction of sp³-hybridized carbons (Fsp3) is 0.231. The predicted molar refractivity (Wildman–Crippen MR) is 132 cm³/mol. The third kappa shape index (κ3) is 3.70. The summed E-state index contributed by atoms with van der Waals surface area (Å²) in [5, 5.41) is 19.5. The molecule has 0 radical (unpaired) electrons. The molecule has 7 nitrogen and oxygen atoms in total. The average molecular weight is 473 g/mol. The monoisotopic (exact) mass is 472 g/mol. The van der Waals surface area contributed by atoms with E-state index in [4.69, 9.17) is 9.73 Å². The van der Waals surface area contributed by atoms with Crippen molar-refractivity contribution >= 4 is 23.0 Å². The van der Waals surface area contributed by atoms with Gasteiger partial charge in [-0.15, -0.1) is 21.5 Å². The molecule has 0 amide bonds. The lowest BCUT2D eigenvalue weighted by molar-refractivity contribution is -0.141. The Labute approximate surface area is 201 Å². The zero-order valence-corrected chi connectivity index (χ0v) is 20.2. The van der Waals surface area contributed by atoms with Crippen LogP contribution < -0.4 is 0 Å². The molecule has 1 aliphatic heterocycles. The van der Waals surface area contributed by atoms with Gasteiger partial charge in [-0.05, 0) is 49.6 Å². The van der Waals surface area contributed by atoms with Gasteiger partial charge in [0.15, 0.2) is 5.82 Å². The number of hydrogen-bond acceptors (Lipinski definition) is 7. The highest BCUT2D eigenvalue weighted by molar-refractivity contribution is 7.15. The average Bonchev–Trinajstić information content (AvgIpc) is 3.31. The zero-order valence-electron chi connectivity index (χ0n) is 19.4. The number of methoxy groups -OCH3 is 1. The van der Waals surface area contributed by atoms with Crippen molar-refractivity contribution in [2.45, 2.75) is 33.2 Å². The first-order valence-electron chi connectivity index (χ1n) is 10.9. The van der Waals surface area contributed by atoms with E-state index in [1.807, 2.05) is 47.9 Å². The normalized spacial score (nSPS) is 14.7.